The van der Waals surface area contributed by atoms with Crippen LogP contribution in [-0.4, -0.2) is 13.8 Å². The minimum atomic E-state index is -3.49. The average Bonchev–Trinajstić information content (AvgIpc) is 3.09. The summed E-state index contributed by atoms with van der Waals surface area (Å²) in [5, 5.41) is -0.906. The highest BCUT2D eigenvalue weighted by atomic mass is 32.2. The van der Waals surface area contributed by atoms with Crippen LogP contribution in [0.3, 0.4) is 0 Å². The Hall–Kier alpha value is -1.34. The van der Waals surface area contributed by atoms with Crippen molar-refractivity contribution in [2.24, 2.45) is 5.92 Å². The molecular weight excluding hydrogens is 234 g/mol. The molecule has 0 saturated heterocycles. The SMILES string of the molecule is [C-]#[N+]C(CC1CC1)S(=O)(=O)c1ccccc1C. The predicted octanol–water partition coefficient (Wildman–Crippen LogP) is 2.81. The van der Waals surface area contributed by atoms with Crippen LogP contribution >= 0.6 is 0 Å². The molecule has 1 aliphatic carbocycles. The molecule has 0 heterocycles. The van der Waals surface area contributed by atoms with Gasteiger partial charge in [-0.3, -0.25) is 4.85 Å². The number of sulfone groups is 1. The summed E-state index contributed by atoms with van der Waals surface area (Å²) in [6.45, 7) is 8.87. The summed E-state index contributed by atoms with van der Waals surface area (Å²) in [7, 11) is -3.49. The van der Waals surface area contributed by atoms with E-state index in [2.05, 4.69) is 4.85 Å². The molecule has 1 atom stereocenters. The third kappa shape index (κ3) is 2.50. The van der Waals surface area contributed by atoms with Crippen molar-refractivity contribution in [1.82, 2.24) is 0 Å². The first kappa shape index (κ1) is 12.1. The van der Waals surface area contributed by atoms with E-state index in [-0.39, 0.29) is 0 Å². The summed E-state index contributed by atoms with van der Waals surface area (Å²) in [5.41, 5.74) is 0.719. The third-order valence-corrected chi connectivity index (χ3v) is 5.22. The number of benzene rings is 1. The molecule has 0 N–H and O–H groups in total. The number of rotatable bonds is 4. The molecule has 1 fully saturated rings. The average molecular weight is 249 g/mol. The number of hydrogen-bond donors (Lipinski definition) is 0. The quantitative estimate of drug-likeness (QED) is 0.770. The van der Waals surface area contributed by atoms with Crippen molar-refractivity contribution in [3.05, 3.63) is 41.2 Å². The van der Waals surface area contributed by atoms with Crippen LogP contribution in [0.1, 0.15) is 24.8 Å². The van der Waals surface area contributed by atoms with Crippen molar-refractivity contribution in [2.45, 2.75) is 36.5 Å². The van der Waals surface area contributed by atoms with Crippen LogP contribution in [-0.2, 0) is 9.84 Å². The molecule has 0 spiro atoms. The molecule has 0 aliphatic heterocycles. The van der Waals surface area contributed by atoms with E-state index in [1.807, 2.05) is 6.07 Å². The largest absolute Gasteiger partial charge is 0.325 e. The van der Waals surface area contributed by atoms with Crippen molar-refractivity contribution >= 4 is 9.84 Å². The van der Waals surface area contributed by atoms with Gasteiger partial charge in [0.2, 0.25) is 0 Å². The Morgan fingerprint density at radius 2 is 2.06 bits per heavy atom. The van der Waals surface area contributed by atoms with Gasteiger partial charge in [-0.2, -0.15) is 0 Å². The number of aryl methyl sites for hydroxylation is 1. The van der Waals surface area contributed by atoms with E-state index in [1.165, 1.54) is 0 Å². The highest BCUT2D eigenvalue weighted by molar-refractivity contribution is 7.92. The van der Waals surface area contributed by atoms with Gasteiger partial charge in [0.05, 0.1) is 4.90 Å². The standard InChI is InChI=1S/C13H15NO2S/c1-10-5-3-4-6-12(10)17(15,16)13(14-2)9-11-7-8-11/h3-6,11,13H,7-9H2,1H3. The van der Waals surface area contributed by atoms with Crippen molar-refractivity contribution in [3.8, 4) is 0 Å². The smallest absolute Gasteiger partial charge is 0.296 e. The molecule has 0 bridgehead atoms. The molecule has 4 heteroatoms. The van der Waals surface area contributed by atoms with Crippen LogP contribution in [0.5, 0.6) is 0 Å². The summed E-state index contributed by atoms with van der Waals surface area (Å²) in [5.74, 6) is 0.438. The Bertz CT molecular complexity index is 553. The zero-order chi connectivity index (χ0) is 12.5. The van der Waals surface area contributed by atoms with Gasteiger partial charge in [0.25, 0.3) is 9.84 Å². The molecule has 0 radical (unpaired) electrons. The Labute approximate surface area is 102 Å². The van der Waals surface area contributed by atoms with Crippen LogP contribution < -0.4 is 0 Å². The van der Waals surface area contributed by atoms with Gasteiger partial charge in [0, 0.05) is 6.42 Å². The van der Waals surface area contributed by atoms with Gasteiger partial charge >= 0.3 is 5.37 Å². The molecular formula is C13H15NO2S. The van der Waals surface area contributed by atoms with E-state index in [9.17, 15) is 8.42 Å². The number of hydrogen-bond acceptors (Lipinski definition) is 2. The van der Waals surface area contributed by atoms with E-state index in [4.69, 9.17) is 6.57 Å². The lowest BCUT2D eigenvalue weighted by atomic mass is 10.2. The van der Waals surface area contributed by atoms with E-state index in [0.29, 0.717) is 17.2 Å². The first-order valence-corrected chi connectivity index (χ1v) is 7.26. The van der Waals surface area contributed by atoms with Gasteiger partial charge in [-0.1, -0.05) is 18.2 Å². The zero-order valence-corrected chi connectivity index (χ0v) is 10.6. The Balaban J connectivity index is 2.34. The van der Waals surface area contributed by atoms with Gasteiger partial charge in [0.15, 0.2) is 0 Å². The van der Waals surface area contributed by atoms with Crippen molar-refractivity contribution in [2.75, 3.05) is 0 Å². The van der Waals surface area contributed by atoms with Crippen LogP contribution in [0.25, 0.3) is 4.85 Å². The number of nitrogens with zero attached hydrogens (tertiary/aromatic N) is 1. The van der Waals surface area contributed by atoms with Crippen LogP contribution in [0.4, 0.5) is 0 Å². The van der Waals surface area contributed by atoms with Gasteiger partial charge in [-0.05, 0) is 37.3 Å². The second kappa shape index (κ2) is 4.50. The third-order valence-electron chi connectivity index (χ3n) is 3.13. The molecule has 1 aliphatic rings. The van der Waals surface area contributed by atoms with Gasteiger partial charge in [0.1, 0.15) is 0 Å². The Kier molecular flexibility index (Phi) is 3.21. The summed E-state index contributed by atoms with van der Waals surface area (Å²) in [4.78, 5) is 3.63. The molecule has 90 valence electrons. The molecule has 1 aromatic rings. The van der Waals surface area contributed by atoms with E-state index in [1.54, 1.807) is 25.1 Å². The molecule has 3 nitrogen and oxygen atoms in total. The molecule has 0 amide bonds. The highest BCUT2D eigenvalue weighted by Crippen LogP contribution is 2.37. The monoisotopic (exact) mass is 249 g/mol. The molecule has 0 aromatic heterocycles. The van der Waals surface area contributed by atoms with Crippen LogP contribution in [0.2, 0.25) is 0 Å². The molecule has 17 heavy (non-hydrogen) atoms. The summed E-state index contributed by atoms with van der Waals surface area (Å²) < 4.78 is 24.7. The fourth-order valence-corrected chi connectivity index (χ4v) is 3.65. The normalized spacial score (nSPS) is 17.4. The highest BCUT2D eigenvalue weighted by Gasteiger charge is 2.38. The first-order valence-electron chi connectivity index (χ1n) is 5.72. The van der Waals surface area contributed by atoms with E-state index in [0.717, 1.165) is 18.4 Å². The summed E-state index contributed by atoms with van der Waals surface area (Å²) >= 11 is 0. The lowest BCUT2D eigenvalue weighted by Gasteiger charge is -2.09. The second-order valence-corrected chi connectivity index (χ2v) is 6.65. The predicted molar refractivity (Wildman–Crippen MR) is 66.1 cm³/mol. The van der Waals surface area contributed by atoms with Crippen molar-refractivity contribution in [3.63, 3.8) is 0 Å². The van der Waals surface area contributed by atoms with E-state index >= 15 is 0 Å². The van der Waals surface area contributed by atoms with E-state index < -0.39 is 15.2 Å². The fraction of sp³-hybridized carbons (Fsp3) is 0.462. The van der Waals surface area contributed by atoms with Crippen LogP contribution in [0, 0.1) is 19.4 Å². The molecule has 1 unspecified atom stereocenters. The minimum Gasteiger partial charge on any atom is -0.296 e. The molecule has 2 rings (SSSR count). The maximum absolute atomic E-state index is 12.3. The van der Waals surface area contributed by atoms with Crippen molar-refractivity contribution < 1.29 is 8.42 Å². The zero-order valence-electron chi connectivity index (χ0n) is 9.76. The van der Waals surface area contributed by atoms with Crippen molar-refractivity contribution in [1.29, 1.82) is 0 Å². The minimum absolute atomic E-state index is 0.307. The van der Waals surface area contributed by atoms with Gasteiger partial charge < -0.3 is 0 Å². The Morgan fingerprint density at radius 3 is 2.59 bits per heavy atom. The summed E-state index contributed by atoms with van der Waals surface area (Å²) in [6.07, 6.45) is 2.62. The maximum atomic E-state index is 12.3. The molecule has 1 aromatic carbocycles. The fourth-order valence-electron chi connectivity index (χ4n) is 1.91. The Morgan fingerprint density at radius 1 is 1.41 bits per heavy atom. The lowest BCUT2D eigenvalue weighted by Crippen LogP contribution is -2.19. The summed E-state index contributed by atoms with van der Waals surface area (Å²) in [6, 6.07) is 6.88. The second-order valence-electron chi connectivity index (χ2n) is 4.57. The van der Waals surface area contributed by atoms with Gasteiger partial charge in [-0.15, -0.1) is 0 Å². The lowest BCUT2D eigenvalue weighted by molar-refractivity contribution is 0.577. The molecule has 1 saturated carbocycles. The maximum Gasteiger partial charge on any atom is 0.325 e. The topological polar surface area (TPSA) is 38.5 Å². The van der Waals surface area contributed by atoms with Crippen LogP contribution in [0.15, 0.2) is 29.2 Å². The first-order chi connectivity index (χ1) is 8.05. The van der Waals surface area contributed by atoms with Gasteiger partial charge in [-0.25, -0.2) is 15.0 Å².